The van der Waals surface area contributed by atoms with Gasteiger partial charge in [-0.15, -0.1) is 0 Å². The van der Waals surface area contributed by atoms with Gasteiger partial charge in [0.05, 0.1) is 5.69 Å². The summed E-state index contributed by atoms with van der Waals surface area (Å²) >= 11 is 0. The Bertz CT molecular complexity index is 1270. The van der Waals surface area contributed by atoms with E-state index in [1.165, 1.54) is 23.7 Å². The van der Waals surface area contributed by atoms with E-state index in [2.05, 4.69) is 15.0 Å². The zero-order chi connectivity index (χ0) is 29.2. The number of aliphatic carboxylic acids is 2. The molecule has 0 amide bonds. The van der Waals surface area contributed by atoms with Crippen LogP contribution in [0.25, 0.3) is 0 Å². The first-order chi connectivity index (χ1) is 18.2. The maximum Gasteiger partial charge on any atom is 0.422 e. The van der Waals surface area contributed by atoms with Crippen molar-refractivity contribution in [1.29, 1.82) is 0 Å². The van der Waals surface area contributed by atoms with Gasteiger partial charge in [-0.3, -0.25) is 14.7 Å². The number of hydrogen-bond acceptors (Lipinski definition) is 8. The highest BCUT2D eigenvalue weighted by Gasteiger charge is 2.29. The molecule has 3 rings (SSSR count). The van der Waals surface area contributed by atoms with Gasteiger partial charge in [0.25, 0.3) is 5.56 Å². The fraction of sp³-hybridized carbons (Fsp3) is 0.435. The molecule has 0 atom stereocenters. The topological polar surface area (TPSA) is 158 Å². The number of nitrogens with zero attached hydrogens (tertiary/aromatic N) is 4. The molecule has 0 aliphatic carbocycles. The number of carboxylic acids is 2. The third-order valence-corrected chi connectivity index (χ3v) is 5.29. The minimum Gasteiger partial charge on any atom is -0.482 e. The van der Waals surface area contributed by atoms with Crippen LogP contribution in [0.4, 0.5) is 23.2 Å². The Balaban J connectivity index is 0.000000580. The summed E-state index contributed by atoms with van der Waals surface area (Å²) in [5, 5.41) is 19.6. The fourth-order valence-electron chi connectivity index (χ4n) is 3.50. The molecule has 0 spiro atoms. The molecule has 1 saturated heterocycles. The highest BCUT2D eigenvalue weighted by Crippen LogP contribution is 2.31. The molecule has 3 N–H and O–H groups in total. The van der Waals surface area contributed by atoms with Gasteiger partial charge >= 0.3 is 23.8 Å². The normalized spacial score (nSPS) is 14.1. The van der Waals surface area contributed by atoms with Gasteiger partial charge in [0.15, 0.2) is 6.61 Å². The van der Waals surface area contributed by atoms with Crippen molar-refractivity contribution in [2.24, 2.45) is 0 Å². The summed E-state index contributed by atoms with van der Waals surface area (Å²) < 4.78 is 57.0. The molecule has 0 saturated carbocycles. The third kappa shape index (κ3) is 11.0. The van der Waals surface area contributed by atoms with Gasteiger partial charge in [-0.2, -0.15) is 18.3 Å². The van der Waals surface area contributed by atoms with E-state index in [0.717, 1.165) is 6.07 Å². The maximum atomic E-state index is 13.5. The van der Waals surface area contributed by atoms with E-state index < -0.39 is 41.8 Å². The Labute approximate surface area is 218 Å². The average molecular weight is 561 g/mol. The van der Waals surface area contributed by atoms with Crippen molar-refractivity contribution in [2.75, 3.05) is 44.2 Å². The Morgan fingerprint density at radius 1 is 1.08 bits per heavy atom. The van der Waals surface area contributed by atoms with Gasteiger partial charge < -0.3 is 19.8 Å². The molecule has 214 valence electrons. The number of alkyl halides is 3. The van der Waals surface area contributed by atoms with Crippen molar-refractivity contribution in [1.82, 2.24) is 19.7 Å². The van der Waals surface area contributed by atoms with Gasteiger partial charge in [-0.05, 0) is 25.5 Å². The molecule has 1 aliphatic heterocycles. The molecule has 1 aliphatic rings. The Kier molecular flexibility index (Phi) is 11.2. The Hall–Kier alpha value is -4.21. The molecule has 1 aromatic heterocycles. The number of aromatic amines is 1. The van der Waals surface area contributed by atoms with E-state index >= 15 is 0 Å². The standard InChI is InChI=1S/C19H23F4N5O3.C4H4O4/c1-13-17(29)24-18(30)28(25-13)6-2-5-26-7-9-27(10-8-26)15-4-3-14(20)11-16(15)31-12-19(21,22)23;5-3(6)1-2-4(7)8/h3-4,11H,2,5-10,12H2,1H3,(H,24,29,30);1-2H,(H,5,6)(H,7,8). The number of carboxylic acid groups (broad SMARTS) is 2. The van der Waals surface area contributed by atoms with Crippen LogP contribution in [0, 0.1) is 12.7 Å². The number of halogens is 4. The second-order valence-corrected chi connectivity index (χ2v) is 8.28. The SMILES string of the molecule is Cc1nn(CCCN2CCN(c3ccc(F)cc3OCC(F)(F)F)CC2)c(=O)[nH]c1=O.O=C(O)C=CC(=O)O. The summed E-state index contributed by atoms with van der Waals surface area (Å²) in [6.45, 7) is 3.42. The van der Waals surface area contributed by atoms with E-state index in [9.17, 15) is 36.7 Å². The number of anilines is 1. The van der Waals surface area contributed by atoms with Crippen molar-refractivity contribution in [3.05, 3.63) is 62.7 Å². The number of rotatable bonds is 9. The summed E-state index contributed by atoms with van der Waals surface area (Å²) in [4.78, 5) is 48.5. The van der Waals surface area contributed by atoms with Crippen molar-refractivity contribution < 1.29 is 42.1 Å². The third-order valence-electron chi connectivity index (χ3n) is 5.29. The minimum atomic E-state index is -4.51. The summed E-state index contributed by atoms with van der Waals surface area (Å²) in [5.41, 5.74) is -0.416. The number of benzene rings is 1. The van der Waals surface area contributed by atoms with E-state index in [1.54, 1.807) is 0 Å². The van der Waals surface area contributed by atoms with Crippen LogP contribution in [-0.4, -0.2) is 87.3 Å². The second-order valence-electron chi connectivity index (χ2n) is 8.28. The molecular formula is C23H27F4N5O7. The lowest BCUT2D eigenvalue weighted by atomic mass is 10.2. The molecule has 0 bridgehead atoms. The van der Waals surface area contributed by atoms with Crippen LogP contribution in [0.5, 0.6) is 5.75 Å². The summed E-state index contributed by atoms with van der Waals surface area (Å²) in [6.07, 6.45) is -2.76. The molecule has 0 radical (unpaired) electrons. The lowest BCUT2D eigenvalue weighted by Gasteiger charge is -2.36. The molecule has 12 nitrogen and oxygen atoms in total. The van der Waals surface area contributed by atoms with Crippen molar-refractivity contribution in [2.45, 2.75) is 26.1 Å². The lowest BCUT2D eigenvalue weighted by molar-refractivity contribution is -0.153. The number of aryl methyl sites for hydroxylation is 2. The monoisotopic (exact) mass is 561 g/mol. The number of carbonyl (C=O) groups is 2. The van der Waals surface area contributed by atoms with Gasteiger partial charge in [0.1, 0.15) is 17.3 Å². The molecule has 39 heavy (non-hydrogen) atoms. The Morgan fingerprint density at radius 3 is 2.26 bits per heavy atom. The summed E-state index contributed by atoms with van der Waals surface area (Å²) in [5.74, 6) is -3.31. The quantitative estimate of drug-likeness (QED) is 0.301. The molecule has 16 heteroatoms. The largest absolute Gasteiger partial charge is 0.482 e. The van der Waals surface area contributed by atoms with Crippen LogP contribution >= 0.6 is 0 Å². The predicted octanol–water partition coefficient (Wildman–Crippen LogP) is 1.24. The first-order valence-electron chi connectivity index (χ1n) is 11.5. The predicted molar refractivity (Wildman–Crippen MR) is 129 cm³/mol. The summed E-state index contributed by atoms with van der Waals surface area (Å²) in [6, 6.07) is 3.58. The fourth-order valence-corrected chi connectivity index (χ4v) is 3.50. The van der Waals surface area contributed by atoms with Crippen LogP contribution in [0.1, 0.15) is 12.1 Å². The van der Waals surface area contributed by atoms with Gasteiger partial charge in [0.2, 0.25) is 0 Å². The molecule has 1 aromatic carbocycles. The van der Waals surface area contributed by atoms with E-state index in [4.69, 9.17) is 14.9 Å². The zero-order valence-electron chi connectivity index (χ0n) is 20.8. The van der Waals surface area contributed by atoms with Crippen molar-refractivity contribution in [3.8, 4) is 5.75 Å². The molecular weight excluding hydrogens is 534 g/mol. The van der Waals surface area contributed by atoms with Crippen LogP contribution in [0.15, 0.2) is 39.9 Å². The van der Waals surface area contributed by atoms with Crippen LogP contribution < -0.4 is 20.9 Å². The number of nitrogens with one attached hydrogen (secondary N) is 1. The van der Waals surface area contributed by atoms with Crippen LogP contribution in [-0.2, 0) is 16.1 Å². The summed E-state index contributed by atoms with van der Waals surface area (Å²) in [7, 11) is 0. The van der Waals surface area contributed by atoms with Crippen molar-refractivity contribution >= 4 is 17.6 Å². The van der Waals surface area contributed by atoms with Crippen LogP contribution in [0.3, 0.4) is 0 Å². The number of H-pyrrole nitrogens is 1. The highest BCUT2D eigenvalue weighted by atomic mass is 19.4. The zero-order valence-corrected chi connectivity index (χ0v) is 20.8. The first-order valence-corrected chi connectivity index (χ1v) is 11.5. The van der Waals surface area contributed by atoms with Crippen molar-refractivity contribution in [3.63, 3.8) is 0 Å². The number of ether oxygens (including phenoxy) is 1. The smallest absolute Gasteiger partial charge is 0.422 e. The van der Waals surface area contributed by atoms with E-state index in [0.29, 0.717) is 63.5 Å². The molecule has 0 unspecified atom stereocenters. The number of hydrogen-bond donors (Lipinski definition) is 3. The minimum absolute atomic E-state index is 0.135. The Morgan fingerprint density at radius 2 is 1.69 bits per heavy atom. The number of aromatic nitrogens is 3. The van der Waals surface area contributed by atoms with E-state index in [-0.39, 0.29) is 11.4 Å². The van der Waals surface area contributed by atoms with Gasteiger partial charge in [0, 0.05) is 57.5 Å². The second kappa shape index (κ2) is 14.1. The van der Waals surface area contributed by atoms with E-state index in [1.807, 2.05) is 4.90 Å². The molecule has 2 heterocycles. The highest BCUT2D eigenvalue weighted by molar-refractivity contribution is 5.89. The van der Waals surface area contributed by atoms with Gasteiger partial charge in [-0.25, -0.2) is 23.5 Å². The average Bonchev–Trinajstić information content (AvgIpc) is 2.85. The molecule has 1 fully saturated rings. The molecule has 2 aromatic rings. The van der Waals surface area contributed by atoms with Gasteiger partial charge in [-0.1, -0.05) is 0 Å². The lowest BCUT2D eigenvalue weighted by Crippen LogP contribution is -2.47. The number of piperazine rings is 1. The maximum absolute atomic E-state index is 13.5. The van der Waals surface area contributed by atoms with Crippen LogP contribution in [0.2, 0.25) is 0 Å². The first kappa shape index (κ1) is 31.0.